The summed E-state index contributed by atoms with van der Waals surface area (Å²) in [4.78, 5) is 22.4. The number of anilines is 4. The molecule has 0 atom stereocenters. The van der Waals surface area contributed by atoms with Crippen LogP contribution >= 0.6 is 0 Å². The van der Waals surface area contributed by atoms with Gasteiger partial charge in [-0.15, -0.1) is 0 Å². The number of nitrogens with two attached hydrogens (primary N) is 1. The van der Waals surface area contributed by atoms with Crippen LogP contribution in [0.15, 0.2) is 24.4 Å². The molecule has 0 saturated heterocycles. The van der Waals surface area contributed by atoms with Gasteiger partial charge in [-0.05, 0) is 19.1 Å². The van der Waals surface area contributed by atoms with E-state index in [2.05, 4.69) is 25.6 Å². The number of carbonyl (C=O) groups excluding carboxylic acids is 1. The van der Waals surface area contributed by atoms with Crippen molar-refractivity contribution >= 4 is 29.7 Å². The smallest absolute Gasteiger partial charge is 0.222 e. The minimum absolute atomic E-state index is 0.205. The van der Waals surface area contributed by atoms with Crippen LogP contribution in [0.4, 0.5) is 23.3 Å². The molecule has 0 saturated carbocycles. The van der Waals surface area contributed by atoms with E-state index in [0.29, 0.717) is 23.7 Å². The summed E-state index contributed by atoms with van der Waals surface area (Å²) >= 11 is 0. The minimum atomic E-state index is 0.205. The Labute approximate surface area is 103 Å². The average molecular weight is 244 g/mol. The SMILES string of the molecule is Cc1cc(Nc2ccc(NC=O)cn2)nc(N)n1. The number of hydrogen-bond acceptors (Lipinski definition) is 6. The summed E-state index contributed by atoms with van der Waals surface area (Å²) in [5.41, 5.74) is 6.93. The topological polar surface area (TPSA) is 106 Å². The van der Waals surface area contributed by atoms with Gasteiger partial charge in [0.25, 0.3) is 0 Å². The molecule has 7 heteroatoms. The predicted octanol–water partition coefficient (Wildman–Crippen LogP) is 1.07. The van der Waals surface area contributed by atoms with Crippen LogP contribution in [0.5, 0.6) is 0 Å². The average Bonchev–Trinajstić information content (AvgIpc) is 2.31. The third kappa shape index (κ3) is 2.91. The molecule has 0 bridgehead atoms. The highest BCUT2D eigenvalue weighted by molar-refractivity contribution is 5.71. The Balaban J connectivity index is 2.15. The van der Waals surface area contributed by atoms with E-state index in [1.807, 2.05) is 6.92 Å². The molecule has 0 fully saturated rings. The van der Waals surface area contributed by atoms with Crippen LogP contribution in [-0.2, 0) is 4.79 Å². The highest BCUT2D eigenvalue weighted by atomic mass is 16.1. The standard InChI is InChI=1S/C11H12N6O/c1-7-4-10(17-11(12)15-7)16-9-3-2-8(5-13-9)14-6-18/h2-6H,1H3,(H,14,18)(H3,12,13,15,16,17). The molecule has 4 N–H and O–H groups in total. The van der Waals surface area contributed by atoms with E-state index >= 15 is 0 Å². The first-order valence-corrected chi connectivity index (χ1v) is 5.22. The zero-order valence-electron chi connectivity index (χ0n) is 9.71. The Morgan fingerprint density at radius 2 is 2.11 bits per heavy atom. The molecule has 2 aromatic heterocycles. The van der Waals surface area contributed by atoms with Gasteiger partial charge in [0.1, 0.15) is 11.6 Å². The van der Waals surface area contributed by atoms with Crippen molar-refractivity contribution in [3.8, 4) is 0 Å². The van der Waals surface area contributed by atoms with Gasteiger partial charge in [-0.25, -0.2) is 9.97 Å². The third-order valence-electron chi connectivity index (χ3n) is 2.12. The number of pyridine rings is 1. The maximum absolute atomic E-state index is 10.2. The summed E-state index contributed by atoms with van der Waals surface area (Å²) in [5.74, 6) is 1.38. The van der Waals surface area contributed by atoms with Crippen molar-refractivity contribution in [2.45, 2.75) is 6.92 Å². The number of nitrogens with zero attached hydrogens (tertiary/aromatic N) is 3. The molecule has 0 aromatic carbocycles. The summed E-state index contributed by atoms with van der Waals surface area (Å²) < 4.78 is 0. The number of amides is 1. The summed E-state index contributed by atoms with van der Waals surface area (Å²) in [6, 6.07) is 5.20. The van der Waals surface area contributed by atoms with Crippen LogP contribution < -0.4 is 16.4 Å². The first-order valence-electron chi connectivity index (χ1n) is 5.22. The van der Waals surface area contributed by atoms with E-state index in [0.717, 1.165) is 5.69 Å². The molecular formula is C11H12N6O. The first kappa shape index (κ1) is 11.8. The van der Waals surface area contributed by atoms with Crippen LogP contribution in [0.1, 0.15) is 5.69 Å². The number of carbonyl (C=O) groups is 1. The van der Waals surface area contributed by atoms with Crippen LogP contribution in [0.25, 0.3) is 0 Å². The zero-order valence-corrected chi connectivity index (χ0v) is 9.71. The molecule has 0 spiro atoms. The van der Waals surface area contributed by atoms with E-state index in [9.17, 15) is 4.79 Å². The normalized spacial score (nSPS) is 9.83. The molecule has 2 rings (SSSR count). The molecular weight excluding hydrogens is 232 g/mol. The number of nitrogens with one attached hydrogen (secondary N) is 2. The van der Waals surface area contributed by atoms with Gasteiger partial charge >= 0.3 is 0 Å². The highest BCUT2D eigenvalue weighted by Gasteiger charge is 2.01. The summed E-state index contributed by atoms with van der Waals surface area (Å²) in [6.45, 7) is 1.83. The van der Waals surface area contributed by atoms with Gasteiger partial charge in [-0.3, -0.25) is 4.79 Å². The lowest BCUT2D eigenvalue weighted by Crippen LogP contribution is -2.02. The molecule has 0 unspecified atom stereocenters. The predicted molar refractivity (Wildman–Crippen MR) is 68.4 cm³/mol. The minimum Gasteiger partial charge on any atom is -0.368 e. The molecule has 0 radical (unpaired) electrons. The molecule has 7 nitrogen and oxygen atoms in total. The number of aromatic nitrogens is 3. The lowest BCUT2D eigenvalue weighted by Gasteiger charge is -2.06. The second kappa shape index (κ2) is 5.09. The fourth-order valence-corrected chi connectivity index (χ4v) is 1.41. The molecule has 92 valence electrons. The van der Waals surface area contributed by atoms with Gasteiger partial charge in [0, 0.05) is 11.8 Å². The van der Waals surface area contributed by atoms with Crippen molar-refractivity contribution in [3.63, 3.8) is 0 Å². The molecule has 0 aliphatic rings. The Morgan fingerprint density at radius 3 is 2.72 bits per heavy atom. The van der Waals surface area contributed by atoms with Gasteiger partial charge in [0.15, 0.2) is 0 Å². The van der Waals surface area contributed by atoms with E-state index in [1.165, 1.54) is 6.20 Å². The van der Waals surface area contributed by atoms with Gasteiger partial charge in [-0.2, -0.15) is 4.98 Å². The number of aryl methyl sites for hydroxylation is 1. The van der Waals surface area contributed by atoms with Crippen molar-refractivity contribution < 1.29 is 4.79 Å². The Hall–Kier alpha value is -2.70. The summed E-state index contributed by atoms with van der Waals surface area (Å²) in [5, 5.41) is 5.50. The van der Waals surface area contributed by atoms with Crippen molar-refractivity contribution in [1.82, 2.24) is 15.0 Å². The fourth-order valence-electron chi connectivity index (χ4n) is 1.41. The lowest BCUT2D eigenvalue weighted by molar-refractivity contribution is -0.105. The Kier molecular flexibility index (Phi) is 3.33. The maximum atomic E-state index is 10.2. The van der Waals surface area contributed by atoms with Crippen LogP contribution in [0, 0.1) is 6.92 Å². The highest BCUT2D eigenvalue weighted by Crippen LogP contribution is 2.15. The van der Waals surface area contributed by atoms with Crippen LogP contribution in [0.2, 0.25) is 0 Å². The monoisotopic (exact) mass is 244 g/mol. The zero-order chi connectivity index (χ0) is 13.0. The number of rotatable bonds is 4. The second-order valence-corrected chi connectivity index (χ2v) is 3.57. The van der Waals surface area contributed by atoms with Crippen LogP contribution in [0.3, 0.4) is 0 Å². The molecule has 1 amide bonds. The Bertz CT molecular complexity index is 534. The van der Waals surface area contributed by atoms with Crippen molar-refractivity contribution in [2.24, 2.45) is 0 Å². The van der Waals surface area contributed by atoms with E-state index in [-0.39, 0.29) is 5.95 Å². The van der Waals surface area contributed by atoms with Crippen molar-refractivity contribution in [1.29, 1.82) is 0 Å². The molecule has 18 heavy (non-hydrogen) atoms. The van der Waals surface area contributed by atoms with Gasteiger partial charge in [-0.1, -0.05) is 0 Å². The van der Waals surface area contributed by atoms with E-state index < -0.39 is 0 Å². The van der Waals surface area contributed by atoms with Gasteiger partial charge < -0.3 is 16.4 Å². The quantitative estimate of drug-likeness (QED) is 0.695. The summed E-state index contributed by atoms with van der Waals surface area (Å²) in [6.07, 6.45) is 2.13. The van der Waals surface area contributed by atoms with Crippen LogP contribution in [-0.4, -0.2) is 21.4 Å². The molecule has 2 aromatic rings. The molecule has 2 heterocycles. The number of nitrogen functional groups attached to an aromatic ring is 1. The molecule has 0 aliphatic heterocycles. The summed E-state index contributed by atoms with van der Waals surface area (Å²) in [7, 11) is 0. The third-order valence-corrected chi connectivity index (χ3v) is 2.12. The van der Waals surface area contributed by atoms with Crippen molar-refractivity contribution in [2.75, 3.05) is 16.4 Å². The fraction of sp³-hybridized carbons (Fsp3) is 0.0909. The van der Waals surface area contributed by atoms with Crippen molar-refractivity contribution in [3.05, 3.63) is 30.1 Å². The number of hydrogen-bond donors (Lipinski definition) is 3. The first-order chi connectivity index (χ1) is 8.67. The lowest BCUT2D eigenvalue weighted by atomic mass is 10.4. The second-order valence-electron chi connectivity index (χ2n) is 3.57. The van der Waals surface area contributed by atoms with E-state index in [4.69, 9.17) is 5.73 Å². The van der Waals surface area contributed by atoms with Gasteiger partial charge in [0.05, 0.1) is 11.9 Å². The largest absolute Gasteiger partial charge is 0.368 e. The Morgan fingerprint density at radius 1 is 1.28 bits per heavy atom. The molecule has 0 aliphatic carbocycles. The van der Waals surface area contributed by atoms with Gasteiger partial charge in [0.2, 0.25) is 12.4 Å². The van der Waals surface area contributed by atoms with E-state index in [1.54, 1.807) is 18.2 Å². The maximum Gasteiger partial charge on any atom is 0.222 e.